The lowest BCUT2D eigenvalue weighted by molar-refractivity contribution is -0.139. The zero-order valence-electron chi connectivity index (χ0n) is 12.5. The van der Waals surface area contributed by atoms with Crippen molar-refractivity contribution in [1.29, 1.82) is 0 Å². The molecule has 2 rings (SSSR count). The van der Waals surface area contributed by atoms with Crippen LogP contribution in [0.3, 0.4) is 0 Å². The first-order valence-corrected chi connectivity index (χ1v) is 7.25. The number of benzene rings is 1. The molecule has 0 spiro atoms. The summed E-state index contributed by atoms with van der Waals surface area (Å²) in [4.78, 5) is 14.1. The van der Waals surface area contributed by atoms with Crippen LogP contribution in [-0.2, 0) is 9.53 Å². The summed E-state index contributed by atoms with van der Waals surface area (Å²) < 4.78 is 5.57. The summed E-state index contributed by atoms with van der Waals surface area (Å²) in [6, 6.07) is 10.8. The molecule has 0 aromatic heterocycles. The molecule has 1 saturated heterocycles. The third kappa shape index (κ3) is 3.38. The van der Waals surface area contributed by atoms with Gasteiger partial charge in [0.1, 0.15) is 6.10 Å². The molecule has 1 aromatic carbocycles. The molecule has 0 unspecified atom stereocenters. The Morgan fingerprint density at radius 1 is 1.35 bits per heavy atom. The van der Waals surface area contributed by atoms with E-state index in [2.05, 4.69) is 48.3 Å². The Bertz CT molecular complexity index is 433. The number of nitrogens with one attached hydrogen (secondary N) is 1. The van der Waals surface area contributed by atoms with Gasteiger partial charge in [-0.25, -0.2) is 0 Å². The molecule has 20 heavy (non-hydrogen) atoms. The first kappa shape index (κ1) is 15.0. The fraction of sp³-hybridized carbons (Fsp3) is 0.562. The minimum Gasteiger partial charge on any atom is -0.366 e. The summed E-state index contributed by atoms with van der Waals surface area (Å²) in [5, 5.41) is 2.67. The van der Waals surface area contributed by atoms with Gasteiger partial charge in [0.25, 0.3) is 0 Å². The molecule has 4 nitrogen and oxygen atoms in total. The average molecular weight is 276 g/mol. The molecule has 1 aromatic rings. The second kappa shape index (κ2) is 6.86. The summed E-state index contributed by atoms with van der Waals surface area (Å²) in [5.41, 5.74) is 1.31. The Balaban J connectivity index is 2.16. The van der Waals surface area contributed by atoms with Crippen molar-refractivity contribution in [3.8, 4) is 0 Å². The molecule has 1 heterocycles. The van der Waals surface area contributed by atoms with Crippen LogP contribution >= 0.6 is 0 Å². The van der Waals surface area contributed by atoms with Gasteiger partial charge in [0.15, 0.2) is 0 Å². The summed E-state index contributed by atoms with van der Waals surface area (Å²) >= 11 is 0. The molecule has 1 aliphatic rings. The maximum atomic E-state index is 11.8. The number of nitrogens with zero attached hydrogens (tertiary/aromatic N) is 1. The van der Waals surface area contributed by atoms with Crippen molar-refractivity contribution < 1.29 is 9.53 Å². The van der Waals surface area contributed by atoms with Gasteiger partial charge >= 0.3 is 0 Å². The highest BCUT2D eigenvalue weighted by molar-refractivity contribution is 5.80. The Hall–Kier alpha value is -1.39. The maximum Gasteiger partial charge on any atom is 0.250 e. The van der Waals surface area contributed by atoms with Crippen molar-refractivity contribution in [2.24, 2.45) is 5.92 Å². The molecule has 1 amide bonds. The van der Waals surface area contributed by atoms with Crippen LogP contribution in [0.15, 0.2) is 30.3 Å². The maximum absolute atomic E-state index is 11.8. The zero-order chi connectivity index (χ0) is 14.5. The van der Waals surface area contributed by atoms with Gasteiger partial charge in [-0.3, -0.25) is 9.69 Å². The van der Waals surface area contributed by atoms with Crippen molar-refractivity contribution in [1.82, 2.24) is 10.2 Å². The largest absolute Gasteiger partial charge is 0.366 e. The van der Waals surface area contributed by atoms with E-state index in [0.29, 0.717) is 25.1 Å². The van der Waals surface area contributed by atoms with Gasteiger partial charge in [0.2, 0.25) is 5.91 Å². The second-order valence-electron chi connectivity index (χ2n) is 5.57. The number of hydrogen-bond acceptors (Lipinski definition) is 3. The van der Waals surface area contributed by atoms with Gasteiger partial charge < -0.3 is 10.1 Å². The van der Waals surface area contributed by atoms with Crippen LogP contribution in [0.25, 0.3) is 0 Å². The van der Waals surface area contributed by atoms with Crippen molar-refractivity contribution in [3.63, 3.8) is 0 Å². The van der Waals surface area contributed by atoms with Gasteiger partial charge in [-0.05, 0) is 11.5 Å². The monoisotopic (exact) mass is 276 g/mol. The smallest absolute Gasteiger partial charge is 0.250 e. The highest BCUT2D eigenvalue weighted by atomic mass is 16.5. The van der Waals surface area contributed by atoms with Crippen molar-refractivity contribution in [3.05, 3.63) is 35.9 Å². The standard InChI is InChI=1S/C16H24N2O2/c1-12(2)15(13-7-5-4-6-8-13)18-9-10-20-14(11-18)16(19)17-3/h4-8,12,14-15H,9-11H2,1-3H3,(H,17,19)/t14-,15+/m1/s1. The van der Waals surface area contributed by atoms with E-state index in [0.717, 1.165) is 6.54 Å². The third-order valence-corrected chi connectivity index (χ3v) is 3.80. The molecule has 110 valence electrons. The lowest BCUT2D eigenvalue weighted by atomic mass is 9.93. The number of carbonyl (C=O) groups is 1. The minimum atomic E-state index is -0.362. The topological polar surface area (TPSA) is 41.6 Å². The first-order chi connectivity index (χ1) is 9.63. The predicted molar refractivity (Wildman–Crippen MR) is 79.4 cm³/mol. The Morgan fingerprint density at radius 3 is 2.65 bits per heavy atom. The number of ether oxygens (including phenoxy) is 1. The Kier molecular flexibility index (Phi) is 5.15. The summed E-state index contributed by atoms with van der Waals surface area (Å²) in [6.07, 6.45) is -0.362. The molecule has 0 bridgehead atoms. The quantitative estimate of drug-likeness (QED) is 0.912. The second-order valence-corrected chi connectivity index (χ2v) is 5.57. The summed E-state index contributed by atoms with van der Waals surface area (Å²) in [6.45, 7) is 6.57. The number of rotatable bonds is 4. The van der Waals surface area contributed by atoms with Crippen LogP contribution in [0, 0.1) is 5.92 Å². The van der Waals surface area contributed by atoms with Crippen LogP contribution in [0.2, 0.25) is 0 Å². The molecule has 2 atom stereocenters. The van der Waals surface area contributed by atoms with Crippen molar-refractivity contribution >= 4 is 5.91 Å². The normalized spacial score (nSPS) is 21.7. The van der Waals surface area contributed by atoms with E-state index in [1.165, 1.54) is 5.56 Å². The van der Waals surface area contributed by atoms with Crippen LogP contribution in [0.1, 0.15) is 25.5 Å². The van der Waals surface area contributed by atoms with Crippen molar-refractivity contribution in [2.45, 2.75) is 26.0 Å². The van der Waals surface area contributed by atoms with Crippen LogP contribution in [0.4, 0.5) is 0 Å². The zero-order valence-corrected chi connectivity index (χ0v) is 12.5. The van der Waals surface area contributed by atoms with E-state index < -0.39 is 0 Å². The third-order valence-electron chi connectivity index (χ3n) is 3.80. The molecular formula is C16H24N2O2. The predicted octanol–water partition coefficient (Wildman–Crippen LogP) is 1.83. The lowest BCUT2D eigenvalue weighted by Crippen LogP contribution is -2.50. The van der Waals surface area contributed by atoms with Crippen LogP contribution in [-0.4, -0.2) is 43.7 Å². The molecule has 0 aliphatic carbocycles. The van der Waals surface area contributed by atoms with Crippen LogP contribution in [0.5, 0.6) is 0 Å². The van der Waals surface area contributed by atoms with Gasteiger partial charge in [-0.2, -0.15) is 0 Å². The lowest BCUT2D eigenvalue weighted by Gasteiger charge is -2.39. The van der Waals surface area contributed by atoms with E-state index in [1.54, 1.807) is 7.05 Å². The number of amides is 1. The molecule has 1 aliphatic heterocycles. The number of hydrogen-bond donors (Lipinski definition) is 1. The summed E-state index contributed by atoms with van der Waals surface area (Å²) in [7, 11) is 1.65. The molecule has 1 N–H and O–H groups in total. The molecule has 0 saturated carbocycles. The van der Waals surface area contributed by atoms with Gasteiger partial charge in [-0.1, -0.05) is 44.2 Å². The highest BCUT2D eigenvalue weighted by Gasteiger charge is 2.32. The number of likely N-dealkylation sites (N-methyl/N-ethyl adjacent to an activating group) is 1. The van der Waals surface area contributed by atoms with Crippen molar-refractivity contribution in [2.75, 3.05) is 26.7 Å². The molecular weight excluding hydrogens is 252 g/mol. The number of carbonyl (C=O) groups excluding carboxylic acids is 1. The van der Waals surface area contributed by atoms with Gasteiger partial charge in [0.05, 0.1) is 6.61 Å². The first-order valence-electron chi connectivity index (χ1n) is 7.25. The van der Waals surface area contributed by atoms with E-state index in [4.69, 9.17) is 4.74 Å². The summed E-state index contributed by atoms with van der Waals surface area (Å²) in [5.74, 6) is 0.450. The van der Waals surface area contributed by atoms with E-state index in [9.17, 15) is 4.79 Å². The Labute approximate surface area is 121 Å². The fourth-order valence-corrected chi connectivity index (χ4v) is 2.91. The SMILES string of the molecule is CNC(=O)[C@H]1CN([C@H](c2ccccc2)C(C)C)CCO1. The highest BCUT2D eigenvalue weighted by Crippen LogP contribution is 2.29. The number of morpholine rings is 1. The van der Waals surface area contributed by atoms with Crippen LogP contribution < -0.4 is 5.32 Å². The molecule has 0 radical (unpaired) electrons. The van der Waals surface area contributed by atoms with E-state index >= 15 is 0 Å². The molecule has 1 fully saturated rings. The average Bonchev–Trinajstić information content (AvgIpc) is 2.47. The van der Waals surface area contributed by atoms with Gasteiger partial charge in [0, 0.05) is 26.2 Å². The van der Waals surface area contributed by atoms with Gasteiger partial charge in [-0.15, -0.1) is 0 Å². The fourth-order valence-electron chi connectivity index (χ4n) is 2.91. The van der Waals surface area contributed by atoms with E-state index in [-0.39, 0.29) is 12.0 Å². The minimum absolute atomic E-state index is 0.0368. The Morgan fingerprint density at radius 2 is 2.05 bits per heavy atom. The molecule has 4 heteroatoms. The van der Waals surface area contributed by atoms with E-state index in [1.807, 2.05) is 6.07 Å².